The summed E-state index contributed by atoms with van der Waals surface area (Å²) in [5.74, 6) is -0.105. The number of alkyl halides is 1. The van der Waals surface area contributed by atoms with Crippen LogP contribution in [0, 0.1) is 0 Å². The smallest absolute Gasteiger partial charge is 0.185 e. The topological polar surface area (TPSA) is 17.1 Å². The molecule has 0 fully saturated rings. The van der Waals surface area contributed by atoms with Crippen LogP contribution in [-0.2, 0) is 4.79 Å². The molecule has 0 saturated carbocycles. The third kappa shape index (κ3) is 2.84. The van der Waals surface area contributed by atoms with Crippen LogP contribution in [0.4, 0.5) is 0 Å². The molecule has 0 aromatic rings. The fourth-order valence-corrected chi connectivity index (χ4v) is 0.826. The van der Waals surface area contributed by atoms with Crippen LogP contribution < -0.4 is 0 Å². The molecule has 0 radical (unpaired) electrons. The Morgan fingerprint density at radius 2 is 2.25 bits per heavy atom. The van der Waals surface area contributed by atoms with Crippen molar-refractivity contribution in [2.24, 2.45) is 0 Å². The van der Waals surface area contributed by atoms with Gasteiger partial charge < -0.3 is 0 Å². The lowest BCUT2D eigenvalue weighted by molar-refractivity contribution is -0.112. The lowest BCUT2D eigenvalue weighted by Crippen LogP contribution is -1.96. The van der Waals surface area contributed by atoms with Gasteiger partial charge in [0.15, 0.2) is 5.78 Å². The molecule has 0 N–H and O–H groups in total. The molecule has 0 atom stereocenters. The van der Waals surface area contributed by atoms with Gasteiger partial charge in [-0.15, -0.1) is 11.6 Å². The van der Waals surface area contributed by atoms with Crippen molar-refractivity contribution in [1.82, 2.24) is 0 Å². The monoisotopic (exact) mass is 260 g/mol. The number of ketones is 1. The molecular formula is C4H3Br2ClO. The Kier molecular flexibility index (Phi) is 4.90. The number of hydrogen-bond acceptors (Lipinski definition) is 1. The van der Waals surface area contributed by atoms with Crippen molar-refractivity contribution in [2.75, 3.05) is 5.88 Å². The molecule has 0 spiro atoms. The van der Waals surface area contributed by atoms with Crippen LogP contribution in [-0.4, -0.2) is 11.7 Å². The van der Waals surface area contributed by atoms with Crippen LogP contribution in [0.3, 0.4) is 0 Å². The molecular weight excluding hydrogens is 259 g/mol. The molecule has 0 saturated heterocycles. The van der Waals surface area contributed by atoms with Crippen molar-refractivity contribution >= 4 is 49.2 Å². The van der Waals surface area contributed by atoms with Gasteiger partial charge >= 0.3 is 0 Å². The quantitative estimate of drug-likeness (QED) is 0.552. The van der Waals surface area contributed by atoms with E-state index >= 15 is 0 Å². The number of hydrogen-bond donors (Lipinski definition) is 0. The summed E-state index contributed by atoms with van der Waals surface area (Å²) < 4.78 is 0.465. The van der Waals surface area contributed by atoms with Gasteiger partial charge in [-0.2, -0.15) is 0 Å². The molecule has 0 aromatic carbocycles. The molecule has 0 aromatic heterocycles. The zero-order valence-electron chi connectivity index (χ0n) is 3.83. The van der Waals surface area contributed by atoms with Gasteiger partial charge in [0.2, 0.25) is 0 Å². The largest absolute Gasteiger partial charge is 0.292 e. The zero-order chi connectivity index (χ0) is 6.57. The molecule has 0 aliphatic rings. The Hall–Kier alpha value is 0.660. The van der Waals surface area contributed by atoms with E-state index in [9.17, 15) is 4.79 Å². The first-order valence-corrected chi connectivity index (χ1v) is 4.01. The average molecular weight is 262 g/mol. The third-order valence-corrected chi connectivity index (χ3v) is 2.47. The Morgan fingerprint density at radius 1 is 1.75 bits per heavy atom. The van der Waals surface area contributed by atoms with Crippen LogP contribution in [0.25, 0.3) is 0 Å². The second kappa shape index (κ2) is 4.53. The molecule has 0 rings (SSSR count). The highest BCUT2D eigenvalue weighted by Crippen LogP contribution is 2.08. The third-order valence-electron chi connectivity index (χ3n) is 0.484. The Labute approximate surface area is 69.3 Å². The van der Waals surface area contributed by atoms with Gasteiger partial charge in [0.05, 0.1) is 10.4 Å². The van der Waals surface area contributed by atoms with E-state index in [4.69, 9.17) is 11.6 Å². The van der Waals surface area contributed by atoms with Crippen LogP contribution in [0.2, 0.25) is 0 Å². The summed E-state index contributed by atoms with van der Waals surface area (Å²) in [4.78, 5) is 11.9. The second-order valence-corrected chi connectivity index (χ2v) is 2.59. The van der Waals surface area contributed by atoms with E-state index in [2.05, 4.69) is 31.9 Å². The molecule has 0 bridgehead atoms. The molecule has 0 aliphatic carbocycles. The van der Waals surface area contributed by atoms with Crippen LogP contribution in [0.15, 0.2) is 9.47 Å². The summed E-state index contributed by atoms with van der Waals surface area (Å²) in [7, 11) is 0. The van der Waals surface area contributed by atoms with Gasteiger partial charge in [0.25, 0.3) is 0 Å². The molecule has 1 nitrogen and oxygen atoms in total. The lowest BCUT2D eigenvalue weighted by atomic mass is 10.4. The van der Waals surface area contributed by atoms with Gasteiger partial charge in [-0.05, 0) is 20.9 Å². The van der Waals surface area contributed by atoms with Gasteiger partial charge in [-0.1, -0.05) is 15.9 Å². The van der Waals surface area contributed by atoms with Crippen molar-refractivity contribution in [2.45, 2.75) is 0 Å². The van der Waals surface area contributed by atoms with Crippen molar-refractivity contribution < 1.29 is 4.79 Å². The van der Waals surface area contributed by atoms with Crippen LogP contribution in [0.1, 0.15) is 0 Å². The minimum absolute atomic E-state index is 0.0166. The van der Waals surface area contributed by atoms with E-state index in [0.29, 0.717) is 4.48 Å². The summed E-state index contributed by atoms with van der Waals surface area (Å²) in [6, 6.07) is 0. The Morgan fingerprint density at radius 3 is 2.38 bits per heavy atom. The van der Waals surface area contributed by atoms with Gasteiger partial charge in [0, 0.05) is 0 Å². The van der Waals surface area contributed by atoms with Crippen molar-refractivity contribution in [3.63, 3.8) is 0 Å². The molecule has 0 heterocycles. The summed E-state index contributed by atoms with van der Waals surface area (Å²) in [5.41, 5.74) is 0. The standard InChI is InChI=1S/C4H3Br2ClO/c5-1-3(6)4(8)2-7/h1H,2H2/b3-1-. The van der Waals surface area contributed by atoms with Crippen molar-refractivity contribution in [3.05, 3.63) is 9.47 Å². The summed E-state index contributed by atoms with van der Waals surface area (Å²) >= 11 is 11.1. The predicted molar refractivity (Wildman–Crippen MR) is 41.7 cm³/mol. The molecule has 4 heteroatoms. The fraction of sp³-hybridized carbons (Fsp3) is 0.250. The SMILES string of the molecule is O=C(CCl)/C(Br)=C/Br. The second-order valence-electron chi connectivity index (χ2n) is 1.01. The summed E-state index contributed by atoms with van der Waals surface area (Å²) in [5, 5.41) is 0. The van der Waals surface area contributed by atoms with Gasteiger partial charge in [-0.25, -0.2) is 0 Å². The number of rotatable bonds is 2. The maximum atomic E-state index is 10.5. The van der Waals surface area contributed by atoms with E-state index in [-0.39, 0.29) is 11.7 Å². The van der Waals surface area contributed by atoms with E-state index in [1.165, 1.54) is 4.99 Å². The van der Waals surface area contributed by atoms with Gasteiger partial charge in [0.1, 0.15) is 0 Å². The lowest BCUT2D eigenvalue weighted by Gasteiger charge is -1.86. The number of allylic oxidation sites excluding steroid dienone is 1. The van der Waals surface area contributed by atoms with Crippen molar-refractivity contribution in [3.8, 4) is 0 Å². The summed E-state index contributed by atoms with van der Waals surface area (Å²) in [6.45, 7) is 0. The minimum atomic E-state index is -0.122. The molecule has 46 valence electrons. The van der Waals surface area contributed by atoms with Crippen molar-refractivity contribution in [1.29, 1.82) is 0 Å². The first-order valence-electron chi connectivity index (χ1n) is 1.77. The van der Waals surface area contributed by atoms with Crippen LogP contribution in [0.5, 0.6) is 0 Å². The highest BCUT2D eigenvalue weighted by Gasteiger charge is 2.00. The van der Waals surface area contributed by atoms with Gasteiger partial charge in [-0.3, -0.25) is 4.79 Å². The normalized spacial score (nSPS) is 11.6. The van der Waals surface area contributed by atoms with E-state index in [1.807, 2.05) is 0 Å². The number of carbonyl (C=O) groups excluding carboxylic acids is 1. The Bertz CT molecular complexity index is 121. The van der Waals surface area contributed by atoms with E-state index in [1.54, 1.807) is 0 Å². The first-order chi connectivity index (χ1) is 3.72. The fourth-order valence-electron chi connectivity index (χ4n) is 0.125. The highest BCUT2D eigenvalue weighted by molar-refractivity contribution is 9.14. The molecule has 0 unspecified atom stereocenters. The maximum absolute atomic E-state index is 10.5. The van der Waals surface area contributed by atoms with Crippen LogP contribution >= 0.6 is 43.5 Å². The highest BCUT2D eigenvalue weighted by atomic mass is 79.9. The Balaban J connectivity index is 3.83. The molecule has 0 amide bonds. The van der Waals surface area contributed by atoms with E-state index in [0.717, 1.165) is 0 Å². The number of Topliss-reactive ketones (excluding diaryl/α,β-unsaturated/α-hetero) is 1. The first kappa shape index (κ1) is 8.66. The number of carbonyl (C=O) groups is 1. The summed E-state index contributed by atoms with van der Waals surface area (Å²) in [6.07, 6.45) is 0. The minimum Gasteiger partial charge on any atom is -0.292 e. The number of halogens is 3. The van der Waals surface area contributed by atoms with E-state index < -0.39 is 0 Å². The maximum Gasteiger partial charge on any atom is 0.185 e. The average Bonchev–Trinajstić information content (AvgIpc) is 1.84. The zero-order valence-corrected chi connectivity index (χ0v) is 7.75. The predicted octanol–water partition coefficient (Wildman–Crippen LogP) is 2.43. The molecule has 0 aliphatic heterocycles. The molecule has 8 heavy (non-hydrogen) atoms.